The number of carbonyl (C=O) groups is 1. The second-order valence-corrected chi connectivity index (χ2v) is 5.45. The molecule has 106 valence electrons. The first-order valence-corrected chi connectivity index (χ1v) is 7.25. The maximum absolute atomic E-state index is 12.1. The zero-order valence-corrected chi connectivity index (χ0v) is 11.8. The van der Waals surface area contributed by atoms with Crippen molar-refractivity contribution in [2.24, 2.45) is 0 Å². The summed E-state index contributed by atoms with van der Waals surface area (Å²) >= 11 is 0. The molecule has 2 heterocycles. The second kappa shape index (κ2) is 5.67. The van der Waals surface area contributed by atoms with Crippen LogP contribution in [0, 0.1) is 0 Å². The lowest BCUT2D eigenvalue weighted by atomic mass is 10.2. The quantitative estimate of drug-likeness (QED) is 0.930. The molecule has 0 saturated carbocycles. The Labute approximate surface area is 118 Å². The first-order valence-electron chi connectivity index (χ1n) is 7.25. The molecule has 0 radical (unpaired) electrons. The van der Waals surface area contributed by atoms with Crippen molar-refractivity contribution in [2.75, 3.05) is 19.6 Å². The first kappa shape index (κ1) is 13.2. The Balaban J connectivity index is 1.61. The van der Waals surface area contributed by atoms with Gasteiger partial charge in [-0.25, -0.2) is 0 Å². The molecule has 20 heavy (non-hydrogen) atoms. The molecule has 0 bridgehead atoms. The van der Waals surface area contributed by atoms with Crippen LogP contribution in [-0.2, 0) is 0 Å². The van der Waals surface area contributed by atoms with Crippen molar-refractivity contribution in [3.05, 3.63) is 36.1 Å². The van der Waals surface area contributed by atoms with E-state index in [9.17, 15) is 4.79 Å². The summed E-state index contributed by atoms with van der Waals surface area (Å²) in [6, 6.07) is 9.84. The molecule has 1 aliphatic heterocycles. The zero-order valence-electron chi connectivity index (χ0n) is 11.8. The second-order valence-electron chi connectivity index (χ2n) is 5.45. The minimum absolute atomic E-state index is 0.132. The van der Waals surface area contributed by atoms with Crippen LogP contribution in [0.5, 0.6) is 0 Å². The molecule has 1 aliphatic rings. The van der Waals surface area contributed by atoms with Crippen LogP contribution in [0.15, 0.2) is 34.7 Å². The normalized spacial score (nSPS) is 17.4. The standard InChI is InChI=1S/C16H20N2O2/c1-12(18-8-4-5-9-18)11-17-16(19)15-10-13-6-2-3-7-14(13)20-15/h2-3,6-7,10,12H,4-5,8-9,11H2,1H3,(H,17,19)/t12-/m1/s1. The van der Waals surface area contributed by atoms with Crippen LogP contribution in [-0.4, -0.2) is 36.5 Å². The number of nitrogens with one attached hydrogen (secondary N) is 1. The molecule has 1 atom stereocenters. The Bertz CT molecular complexity index is 566. The third-order valence-electron chi connectivity index (χ3n) is 3.97. The monoisotopic (exact) mass is 272 g/mol. The summed E-state index contributed by atoms with van der Waals surface area (Å²) in [4.78, 5) is 14.5. The number of hydrogen-bond donors (Lipinski definition) is 1. The van der Waals surface area contributed by atoms with E-state index in [4.69, 9.17) is 4.42 Å². The maximum atomic E-state index is 12.1. The predicted octanol–water partition coefficient (Wildman–Crippen LogP) is 2.65. The molecular weight excluding hydrogens is 252 g/mol. The lowest BCUT2D eigenvalue weighted by Gasteiger charge is -2.23. The highest BCUT2D eigenvalue weighted by atomic mass is 16.3. The Hall–Kier alpha value is -1.81. The fourth-order valence-corrected chi connectivity index (χ4v) is 2.73. The summed E-state index contributed by atoms with van der Waals surface area (Å²) in [6.07, 6.45) is 2.53. The van der Waals surface area contributed by atoms with E-state index in [2.05, 4.69) is 17.1 Å². The minimum Gasteiger partial charge on any atom is -0.451 e. The summed E-state index contributed by atoms with van der Waals surface area (Å²) in [5.41, 5.74) is 0.755. The van der Waals surface area contributed by atoms with Crippen molar-refractivity contribution in [1.29, 1.82) is 0 Å². The molecular formula is C16H20N2O2. The SMILES string of the molecule is C[C@H](CNC(=O)c1cc2ccccc2o1)N1CCCC1. The van der Waals surface area contributed by atoms with Gasteiger partial charge in [0.1, 0.15) is 5.58 Å². The number of rotatable bonds is 4. The van der Waals surface area contributed by atoms with Gasteiger partial charge >= 0.3 is 0 Å². The van der Waals surface area contributed by atoms with E-state index < -0.39 is 0 Å². The third kappa shape index (κ3) is 2.70. The van der Waals surface area contributed by atoms with E-state index in [-0.39, 0.29) is 5.91 Å². The highest BCUT2D eigenvalue weighted by Gasteiger charge is 2.19. The van der Waals surface area contributed by atoms with Gasteiger partial charge in [0.05, 0.1) is 0 Å². The van der Waals surface area contributed by atoms with Crippen LogP contribution in [0.2, 0.25) is 0 Å². The average molecular weight is 272 g/mol. The van der Waals surface area contributed by atoms with Gasteiger partial charge in [0.2, 0.25) is 0 Å². The Kier molecular flexibility index (Phi) is 3.74. The van der Waals surface area contributed by atoms with Gasteiger partial charge in [0, 0.05) is 18.0 Å². The summed E-state index contributed by atoms with van der Waals surface area (Å²) in [5.74, 6) is 0.257. The van der Waals surface area contributed by atoms with Crippen LogP contribution in [0.3, 0.4) is 0 Å². The highest BCUT2D eigenvalue weighted by molar-refractivity contribution is 5.96. The van der Waals surface area contributed by atoms with Crippen molar-refractivity contribution >= 4 is 16.9 Å². The Morgan fingerprint density at radius 2 is 2.10 bits per heavy atom. The predicted molar refractivity (Wildman–Crippen MR) is 78.8 cm³/mol. The number of furan rings is 1. The number of hydrogen-bond acceptors (Lipinski definition) is 3. The van der Waals surface area contributed by atoms with Crippen LogP contribution < -0.4 is 5.32 Å². The van der Waals surface area contributed by atoms with Crippen LogP contribution in [0.25, 0.3) is 11.0 Å². The first-order chi connectivity index (χ1) is 9.74. The molecule has 4 nitrogen and oxygen atoms in total. The molecule has 1 aromatic heterocycles. The molecule has 0 aliphatic carbocycles. The summed E-state index contributed by atoms with van der Waals surface area (Å²) < 4.78 is 5.56. The number of benzene rings is 1. The largest absolute Gasteiger partial charge is 0.451 e. The van der Waals surface area contributed by atoms with Crippen LogP contribution in [0.4, 0.5) is 0 Å². The number of likely N-dealkylation sites (tertiary alicyclic amines) is 1. The van der Waals surface area contributed by atoms with Gasteiger partial charge in [-0.2, -0.15) is 0 Å². The molecule has 1 N–H and O–H groups in total. The van der Waals surface area contributed by atoms with Gasteiger partial charge in [0.25, 0.3) is 5.91 Å². The van der Waals surface area contributed by atoms with E-state index in [1.54, 1.807) is 6.07 Å². The Morgan fingerprint density at radius 1 is 1.35 bits per heavy atom. The molecule has 1 fully saturated rings. The summed E-state index contributed by atoms with van der Waals surface area (Å²) in [5, 5.41) is 3.93. The summed E-state index contributed by atoms with van der Waals surface area (Å²) in [6.45, 7) is 5.10. The molecule has 0 unspecified atom stereocenters. The van der Waals surface area contributed by atoms with Gasteiger partial charge in [-0.1, -0.05) is 18.2 Å². The number of fused-ring (bicyclic) bond motifs is 1. The van der Waals surface area contributed by atoms with Gasteiger partial charge < -0.3 is 9.73 Å². The fourth-order valence-electron chi connectivity index (χ4n) is 2.73. The van der Waals surface area contributed by atoms with Gasteiger partial charge in [-0.3, -0.25) is 9.69 Å². The number of nitrogens with zero attached hydrogens (tertiary/aromatic N) is 1. The number of amides is 1. The molecule has 1 saturated heterocycles. The van der Waals surface area contributed by atoms with Crippen molar-refractivity contribution in [3.8, 4) is 0 Å². The van der Waals surface area contributed by atoms with E-state index in [0.29, 0.717) is 18.3 Å². The van der Waals surface area contributed by atoms with E-state index in [1.165, 1.54) is 12.8 Å². The van der Waals surface area contributed by atoms with Crippen molar-refractivity contribution < 1.29 is 9.21 Å². The number of para-hydroxylation sites is 1. The van der Waals surface area contributed by atoms with E-state index in [0.717, 1.165) is 24.1 Å². The fraction of sp³-hybridized carbons (Fsp3) is 0.438. The maximum Gasteiger partial charge on any atom is 0.287 e. The smallest absolute Gasteiger partial charge is 0.287 e. The molecule has 0 spiro atoms. The lowest BCUT2D eigenvalue weighted by molar-refractivity contribution is 0.0915. The molecule has 1 aromatic carbocycles. The molecule has 1 amide bonds. The average Bonchev–Trinajstić information content (AvgIpc) is 3.12. The number of carbonyl (C=O) groups excluding carboxylic acids is 1. The van der Waals surface area contributed by atoms with Crippen molar-refractivity contribution in [2.45, 2.75) is 25.8 Å². The van der Waals surface area contributed by atoms with Crippen LogP contribution >= 0.6 is 0 Å². The lowest BCUT2D eigenvalue weighted by Crippen LogP contribution is -2.40. The Morgan fingerprint density at radius 3 is 2.85 bits per heavy atom. The summed E-state index contributed by atoms with van der Waals surface area (Å²) in [7, 11) is 0. The van der Waals surface area contributed by atoms with Gasteiger partial charge in [-0.15, -0.1) is 0 Å². The van der Waals surface area contributed by atoms with Crippen molar-refractivity contribution in [3.63, 3.8) is 0 Å². The molecule has 2 aromatic rings. The van der Waals surface area contributed by atoms with Gasteiger partial charge in [-0.05, 0) is 45.0 Å². The van der Waals surface area contributed by atoms with E-state index >= 15 is 0 Å². The van der Waals surface area contributed by atoms with Gasteiger partial charge in [0.15, 0.2) is 5.76 Å². The molecule has 3 rings (SSSR count). The van der Waals surface area contributed by atoms with Crippen LogP contribution in [0.1, 0.15) is 30.3 Å². The topological polar surface area (TPSA) is 45.5 Å². The molecule has 4 heteroatoms. The van der Waals surface area contributed by atoms with Crippen molar-refractivity contribution in [1.82, 2.24) is 10.2 Å². The zero-order chi connectivity index (χ0) is 13.9. The third-order valence-corrected chi connectivity index (χ3v) is 3.97. The van der Waals surface area contributed by atoms with E-state index in [1.807, 2.05) is 24.3 Å². The highest BCUT2D eigenvalue weighted by Crippen LogP contribution is 2.18. The minimum atomic E-state index is -0.132.